The summed E-state index contributed by atoms with van der Waals surface area (Å²) in [7, 11) is 0. The van der Waals surface area contributed by atoms with Gasteiger partial charge in [-0.25, -0.2) is 9.07 Å². The lowest BCUT2D eigenvalue weighted by atomic mass is 10.1. The number of carbonyl (C=O) groups excluding carboxylic acids is 1. The summed E-state index contributed by atoms with van der Waals surface area (Å²) in [6.45, 7) is 3.42. The van der Waals surface area contributed by atoms with Gasteiger partial charge < -0.3 is 10.4 Å². The number of aryl methyl sites for hydroxylation is 2. The molecule has 0 saturated carbocycles. The molecule has 0 aliphatic carbocycles. The van der Waals surface area contributed by atoms with Crippen molar-refractivity contribution in [3.05, 3.63) is 66.1 Å². The zero-order valence-electron chi connectivity index (χ0n) is 16.9. The first-order valence-electron chi connectivity index (χ1n) is 10.1. The van der Waals surface area contributed by atoms with Crippen molar-refractivity contribution >= 4 is 17.4 Å². The summed E-state index contributed by atoms with van der Waals surface area (Å²) in [5.41, 5.74) is 3.32. The zero-order valence-corrected chi connectivity index (χ0v) is 16.9. The molecule has 0 fully saturated rings. The van der Waals surface area contributed by atoms with Crippen molar-refractivity contribution in [2.24, 2.45) is 0 Å². The first kappa shape index (κ1) is 20.1. The molecule has 2 heterocycles. The monoisotopic (exact) mass is 408 g/mol. The summed E-state index contributed by atoms with van der Waals surface area (Å²) in [4.78, 5) is 14.4. The van der Waals surface area contributed by atoms with Crippen LogP contribution in [0.15, 0.2) is 54.6 Å². The van der Waals surface area contributed by atoms with Crippen molar-refractivity contribution in [2.45, 2.75) is 39.0 Å². The number of aliphatic hydroxyl groups is 1. The molecule has 30 heavy (non-hydrogen) atoms. The number of aromatic nitrogens is 2. The molecule has 0 bridgehead atoms. The smallest absolute Gasteiger partial charge is 0.228 e. The number of fused-ring (bicyclic) bond motifs is 1. The highest BCUT2D eigenvalue weighted by molar-refractivity contribution is 5.92. The van der Waals surface area contributed by atoms with Gasteiger partial charge >= 0.3 is 0 Å². The standard InChI is InChI=1S/C23H25FN4O2/c1-16-14-22-27(12-3-13-28(22)26-16)23(30)11-10-21(29)25-20-8-6-17(7-9-20)18-4-2-5-19(24)15-18/h2,4-9,14-15,21,25,29H,3,10-13H2,1H3. The normalized spacial score (nSPS) is 14.3. The Hall–Kier alpha value is -3.19. The van der Waals surface area contributed by atoms with Gasteiger partial charge in [0.2, 0.25) is 5.91 Å². The molecule has 1 unspecified atom stereocenters. The number of nitrogens with zero attached hydrogens (tertiary/aromatic N) is 3. The number of amides is 1. The summed E-state index contributed by atoms with van der Waals surface area (Å²) >= 11 is 0. The van der Waals surface area contributed by atoms with E-state index in [1.807, 2.05) is 48.0 Å². The van der Waals surface area contributed by atoms with Crippen molar-refractivity contribution in [3.63, 3.8) is 0 Å². The van der Waals surface area contributed by atoms with E-state index in [0.717, 1.165) is 41.3 Å². The quantitative estimate of drug-likeness (QED) is 0.606. The van der Waals surface area contributed by atoms with E-state index < -0.39 is 6.23 Å². The Morgan fingerprint density at radius 2 is 1.97 bits per heavy atom. The molecule has 1 atom stereocenters. The number of nitrogens with one attached hydrogen (secondary N) is 1. The number of hydrogen-bond donors (Lipinski definition) is 2. The molecule has 0 radical (unpaired) electrons. The molecule has 1 aromatic heterocycles. The molecule has 1 aliphatic heterocycles. The number of rotatable bonds is 6. The van der Waals surface area contributed by atoms with Crippen LogP contribution in [0, 0.1) is 12.7 Å². The fraction of sp³-hybridized carbons (Fsp3) is 0.304. The average molecular weight is 408 g/mol. The SMILES string of the molecule is Cc1cc2n(n1)CCCN2C(=O)CCC(O)Nc1ccc(-c2cccc(F)c2)cc1. The number of aliphatic hydroxyl groups excluding tert-OH is 1. The second kappa shape index (κ2) is 8.67. The van der Waals surface area contributed by atoms with Crippen LogP contribution in [0.2, 0.25) is 0 Å². The number of hydrogen-bond acceptors (Lipinski definition) is 4. The first-order chi connectivity index (χ1) is 14.5. The van der Waals surface area contributed by atoms with E-state index in [2.05, 4.69) is 10.4 Å². The van der Waals surface area contributed by atoms with Gasteiger partial charge in [0.05, 0.1) is 5.69 Å². The molecular formula is C23H25FN4O2. The van der Waals surface area contributed by atoms with Gasteiger partial charge in [-0.15, -0.1) is 0 Å². The Labute approximate surface area is 174 Å². The largest absolute Gasteiger partial charge is 0.374 e. The molecule has 0 spiro atoms. The van der Waals surface area contributed by atoms with E-state index in [-0.39, 0.29) is 18.1 Å². The van der Waals surface area contributed by atoms with Crippen LogP contribution in [0.25, 0.3) is 11.1 Å². The molecule has 0 saturated heterocycles. The van der Waals surface area contributed by atoms with Crippen LogP contribution in [0.3, 0.4) is 0 Å². The minimum atomic E-state index is -0.842. The van der Waals surface area contributed by atoms with Crippen LogP contribution in [0.5, 0.6) is 0 Å². The van der Waals surface area contributed by atoms with Crippen molar-refractivity contribution in [2.75, 3.05) is 16.8 Å². The Bertz CT molecular complexity index is 1030. The molecule has 7 heteroatoms. The lowest BCUT2D eigenvalue weighted by Crippen LogP contribution is -2.38. The number of carbonyl (C=O) groups is 1. The van der Waals surface area contributed by atoms with Crippen molar-refractivity contribution in [1.82, 2.24) is 9.78 Å². The predicted molar refractivity (Wildman–Crippen MR) is 115 cm³/mol. The highest BCUT2D eigenvalue weighted by Gasteiger charge is 2.24. The van der Waals surface area contributed by atoms with E-state index >= 15 is 0 Å². The fourth-order valence-electron chi connectivity index (χ4n) is 3.75. The topological polar surface area (TPSA) is 70.4 Å². The minimum absolute atomic E-state index is 0.0156. The predicted octanol–water partition coefficient (Wildman–Crippen LogP) is 3.95. The van der Waals surface area contributed by atoms with Crippen LogP contribution in [0.1, 0.15) is 25.0 Å². The Morgan fingerprint density at radius 3 is 2.73 bits per heavy atom. The molecule has 156 valence electrons. The third-order valence-corrected chi connectivity index (χ3v) is 5.22. The molecule has 4 rings (SSSR count). The van der Waals surface area contributed by atoms with Crippen LogP contribution in [0.4, 0.5) is 15.9 Å². The third kappa shape index (κ3) is 4.52. The fourth-order valence-corrected chi connectivity index (χ4v) is 3.75. The van der Waals surface area contributed by atoms with E-state index in [4.69, 9.17) is 0 Å². The Morgan fingerprint density at radius 1 is 1.17 bits per heavy atom. The highest BCUT2D eigenvalue weighted by Crippen LogP contribution is 2.24. The van der Waals surface area contributed by atoms with Crippen molar-refractivity contribution in [3.8, 4) is 11.1 Å². The Kier molecular flexibility index (Phi) is 5.81. The lowest BCUT2D eigenvalue weighted by molar-refractivity contribution is -0.119. The molecule has 2 N–H and O–H groups in total. The van der Waals surface area contributed by atoms with Gasteiger partial charge in [-0.05, 0) is 48.7 Å². The summed E-state index contributed by atoms with van der Waals surface area (Å²) < 4.78 is 15.3. The van der Waals surface area contributed by atoms with E-state index in [1.54, 1.807) is 11.0 Å². The summed E-state index contributed by atoms with van der Waals surface area (Å²) in [6, 6.07) is 15.7. The van der Waals surface area contributed by atoms with Crippen molar-refractivity contribution in [1.29, 1.82) is 0 Å². The van der Waals surface area contributed by atoms with E-state index in [0.29, 0.717) is 13.0 Å². The average Bonchev–Trinajstić information content (AvgIpc) is 3.12. The minimum Gasteiger partial charge on any atom is -0.374 e. The number of anilines is 2. The summed E-state index contributed by atoms with van der Waals surface area (Å²) in [5.74, 6) is 0.541. The maximum absolute atomic E-state index is 13.4. The zero-order chi connectivity index (χ0) is 21.1. The first-order valence-corrected chi connectivity index (χ1v) is 10.1. The summed E-state index contributed by atoms with van der Waals surface area (Å²) in [6.07, 6.45) is 0.567. The molecule has 6 nitrogen and oxygen atoms in total. The number of benzene rings is 2. The van der Waals surface area contributed by atoms with Crippen LogP contribution < -0.4 is 10.2 Å². The third-order valence-electron chi connectivity index (χ3n) is 5.22. The molecule has 3 aromatic rings. The molecular weight excluding hydrogens is 383 g/mol. The lowest BCUT2D eigenvalue weighted by Gasteiger charge is -2.28. The highest BCUT2D eigenvalue weighted by atomic mass is 19.1. The number of halogens is 1. The molecule has 2 aromatic carbocycles. The second-order valence-electron chi connectivity index (χ2n) is 7.55. The summed E-state index contributed by atoms with van der Waals surface area (Å²) in [5, 5.41) is 17.7. The van der Waals surface area contributed by atoms with Gasteiger partial charge in [0.25, 0.3) is 0 Å². The van der Waals surface area contributed by atoms with Gasteiger partial charge in [-0.1, -0.05) is 24.3 Å². The van der Waals surface area contributed by atoms with Gasteiger partial charge in [0.15, 0.2) is 0 Å². The molecule has 1 amide bonds. The van der Waals surface area contributed by atoms with Crippen molar-refractivity contribution < 1.29 is 14.3 Å². The maximum atomic E-state index is 13.4. The maximum Gasteiger partial charge on any atom is 0.228 e. The van der Waals surface area contributed by atoms with Crippen LogP contribution in [-0.2, 0) is 11.3 Å². The van der Waals surface area contributed by atoms with Gasteiger partial charge in [-0.3, -0.25) is 9.69 Å². The van der Waals surface area contributed by atoms with Gasteiger partial charge in [0.1, 0.15) is 17.9 Å². The van der Waals surface area contributed by atoms with Crippen LogP contribution >= 0.6 is 0 Å². The van der Waals surface area contributed by atoms with Gasteiger partial charge in [-0.2, -0.15) is 5.10 Å². The van der Waals surface area contributed by atoms with Crippen LogP contribution in [-0.4, -0.2) is 33.6 Å². The van der Waals surface area contributed by atoms with E-state index in [1.165, 1.54) is 12.1 Å². The molecule has 1 aliphatic rings. The Balaban J connectivity index is 1.32. The second-order valence-corrected chi connectivity index (χ2v) is 7.55. The van der Waals surface area contributed by atoms with E-state index in [9.17, 15) is 14.3 Å². The van der Waals surface area contributed by atoms with Gasteiger partial charge in [0, 0.05) is 37.7 Å².